The molecule has 9 nitrogen and oxygen atoms in total. The number of methoxy groups -OCH3 is 2. The summed E-state index contributed by atoms with van der Waals surface area (Å²) < 4.78 is 85.2. The van der Waals surface area contributed by atoms with Crippen LogP contribution in [0.5, 0.6) is 5.75 Å². The Morgan fingerprint density at radius 1 is 1.16 bits per heavy atom. The number of nitrogens with one attached hydrogen (secondary N) is 1. The van der Waals surface area contributed by atoms with Gasteiger partial charge in [0.2, 0.25) is 0 Å². The van der Waals surface area contributed by atoms with Crippen LogP contribution >= 0.6 is 0 Å². The van der Waals surface area contributed by atoms with Gasteiger partial charge in [-0.05, 0) is 56.2 Å². The molecule has 37 heavy (non-hydrogen) atoms. The predicted molar refractivity (Wildman–Crippen MR) is 127 cm³/mol. The van der Waals surface area contributed by atoms with E-state index in [1.165, 1.54) is 25.3 Å². The Hall–Kier alpha value is -3.74. The van der Waals surface area contributed by atoms with Crippen LogP contribution in [0.15, 0.2) is 51.9 Å². The van der Waals surface area contributed by atoms with Crippen molar-refractivity contribution in [3.8, 4) is 5.75 Å². The van der Waals surface area contributed by atoms with E-state index in [2.05, 4.69) is 14.6 Å². The Bertz CT molecular complexity index is 1420. The molecule has 4 rings (SSSR count). The van der Waals surface area contributed by atoms with E-state index in [9.17, 15) is 26.4 Å². The number of rotatable bonds is 7. The number of halogens is 3. The molecule has 1 N–H and O–H groups in total. The van der Waals surface area contributed by atoms with E-state index in [1.807, 2.05) is 0 Å². The van der Waals surface area contributed by atoms with E-state index in [4.69, 9.17) is 9.26 Å². The number of benzene rings is 2. The highest BCUT2D eigenvalue weighted by Gasteiger charge is 2.35. The number of carbonyl (C=O) groups is 1. The monoisotopic (exact) mass is 539 g/mol. The first kappa shape index (κ1) is 26.3. The summed E-state index contributed by atoms with van der Waals surface area (Å²) in [7, 11) is -2.16. The summed E-state index contributed by atoms with van der Waals surface area (Å²) in [5, 5.41) is 3.89. The molecule has 0 bridgehead atoms. The third kappa shape index (κ3) is 5.36. The van der Waals surface area contributed by atoms with Crippen molar-refractivity contribution in [3.05, 3.63) is 65.0 Å². The first-order chi connectivity index (χ1) is 17.4. The quantitative estimate of drug-likeness (QED) is 0.421. The van der Waals surface area contributed by atoms with Gasteiger partial charge in [0.25, 0.3) is 10.0 Å². The third-order valence-corrected chi connectivity index (χ3v) is 7.37. The molecule has 1 aliphatic rings. The van der Waals surface area contributed by atoms with Crippen LogP contribution in [0.25, 0.3) is 0 Å². The van der Waals surface area contributed by atoms with Crippen LogP contribution in [0.3, 0.4) is 0 Å². The van der Waals surface area contributed by atoms with Crippen molar-refractivity contribution in [1.82, 2.24) is 5.16 Å². The molecule has 3 aromatic rings. The summed E-state index contributed by atoms with van der Waals surface area (Å²) in [4.78, 5) is 13.3. The number of sulfonamides is 1. The van der Waals surface area contributed by atoms with Crippen molar-refractivity contribution >= 4 is 27.4 Å². The Balaban J connectivity index is 1.81. The highest BCUT2D eigenvalue weighted by molar-refractivity contribution is 7.92. The van der Waals surface area contributed by atoms with E-state index in [0.29, 0.717) is 30.8 Å². The minimum atomic E-state index is -4.71. The lowest BCUT2D eigenvalue weighted by molar-refractivity contribution is -0.137. The molecule has 1 fully saturated rings. The van der Waals surface area contributed by atoms with Gasteiger partial charge in [0.15, 0.2) is 5.76 Å². The standard InChI is InChI=1S/C24H24F3N3O6S/c1-14-11-21(36-28-14)19-5-4-10-30(19)18-8-7-16(24(25,26)27)13-17(18)29-37(32,33)22-12-15(23(31)35-3)6-9-20(22)34-2/h6-9,11-13,19,29H,4-5,10H2,1-3H3. The molecule has 1 saturated heterocycles. The summed E-state index contributed by atoms with van der Waals surface area (Å²) in [5.74, 6) is -0.373. The summed E-state index contributed by atoms with van der Waals surface area (Å²) >= 11 is 0. The van der Waals surface area contributed by atoms with Crippen molar-refractivity contribution in [2.75, 3.05) is 30.4 Å². The van der Waals surface area contributed by atoms with E-state index in [1.54, 1.807) is 17.9 Å². The minimum absolute atomic E-state index is 0.0757. The van der Waals surface area contributed by atoms with Gasteiger partial charge in [0.1, 0.15) is 10.6 Å². The van der Waals surface area contributed by atoms with Crippen LogP contribution in [0.2, 0.25) is 0 Å². The Morgan fingerprint density at radius 2 is 1.92 bits per heavy atom. The number of carbonyl (C=O) groups excluding carboxylic acids is 1. The normalized spacial score (nSPS) is 16.1. The number of esters is 1. The topological polar surface area (TPSA) is 111 Å². The molecule has 2 aromatic carbocycles. The van der Waals surface area contributed by atoms with Gasteiger partial charge in [-0.3, -0.25) is 4.72 Å². The molecule has 0 aliphatic carbocycles. The van der Waals surface area contributed by atoms with E-state index >= 15 is 0 Å². The fraction of sp³-hybridized carbons (Fsp3) is 0.333. The lowest BCUT2D eigenvalue weighted by Gasteiger charge is -2.28. The number of alkyl halides is 3. The van der Waals surface area contributed by atoms with Gasteiger partial charge in [-0.2, -0.15) is 13.2 Å². The van der Waals surface area contributed by atoms with E-state index in [-0.39, 0.29) is 28.7 Å². The SMILES string of the molecule is COC(=O)c1ccc(OC)c(S(=O)(=O)Nc2cc(C(F)(F)F)ccc2N2CCCC2c2cc(C)no2)c1. The van der Waals surface area contributed by atoms with Gasteiger partial charge in [-0.15, -0.1) is 0 Å². The van der Waals surface area contributed by atoms with Crippen LogP contribution in [-0.4, -0.2) is 40.3 Å². The second-order valence-electron chi connectivity index (χ2n) is 8.41. The predicted octanol–water partition coefficient (Wildman–Crippen LogP) is 4.94. The molecule has 1 aromatic heterocycles. The number of hydrogen-bond acceptors (Lipinski definition) is 8. The number of ether oxygens (including phenoxy) is 2. The zero-order valence-electron chi connectivity index (χ0n) is 20.1. The number of aromatic nitrogens is 1. The Morgan fingerprint density at radius 3 is 2.54 bits per heavy atom. The maximum Gasteiger partial charge on any atom is 0.416 e. The molecule has 13 heteroatoms. The van der Waals surface area contributed by atoms with Crippen LogP contribution in [0, 0.1) is 6.92 Å². The summed E-state index contributed by atoms with van der Waals surface area (Å²) in [6.45, 7) is 2.20. The number of anilines is 2. The average molecular weight is 540 g/mol. The van der Waals surface area contributed by atoms with Gasteiger partial charge < -0.3 is 18.9 Å². The van der Waals surface area contributed by atoms with Crippen LogP contribution in [0.4, 0.5) is 24.5 Å². The van der Waals surface area contributed by atoms with Crippen LogP contribution in [0.1, 0.15) is 46.3 Å². The van der Waals surface area contributed by atoms with Gasteiger partial charge in [0.05, 0.1) is 48.5 Å². The Labute approximate surface area is 211 Å². The van der Waals surface area contributed by atoms with Gasteiger partial charge in [-0.1, -0.05) is 5.16 Å². The fourth-order valence-corrected chi connectivity index (χ4v) is 5.53. The van der Waals surface area contributed by atoms with Crippen molar-refractivity contribution < 1.29 is 40.4 Å². The smallest absolute Gasteiger partial charge is 0.416 e. The Kier molecular flexibility index (Phi) is 7.09. The molecule has 0 spiro atoms. The average Bonchev–Trinajstić information content (AvgIpc) is 3.51. The molecule has 0 amide bonds. The summed E-state index contributed by atoms with van der Waals surface area (Å²) in [6, 6.07) is 7.86. The summed E-state index contributed by atoms with van der Waals surface area (Å²) in [5.41, 5.74) is -0.517. The van der Waals surface area contributed by atoms with Crippen molar-refractivity contribution in [2.45, 2.75) is 36.9 Å². The molecule has 1 atom stereocenters. The van der Waals surface area contributed by atoms with E-state index < -0.39 is 32.6 Å². The van der Waals surface area contributed by atoms with Crippen molar-refractivity contribution in [1.29, 1.82) is 0 Å². The first-order valence-electron chi connectivity index (χ1n) is 11.1. The molecule has 0 radical (unpaired) electrons. The van der Waals surface area contributed by atoms with Gasteiger partial charge >= 0.3 is 12.1 Å². The lowest BCUT2D eigenvalue weighted by Crippen LogP contribution is -2.25. The number of aryl methyl sites for hydroxylation is 1. The number of nitrogens with zero attached hydrogens (tertiary/aromatic N) is 2. The highest BCUT2D eigenvalue weighted by Crippen LogP contribution is 2.43. The molecule has 198 valence electrons. The molecule has 1 unspecified atom stereocenters. The molecular formula is C24H24F3N3O6S. The third-order valence-electron chi connectivity index (χ3n) is 5.98. The van der Waals surface area contributed by atoms with Crippen LogP contribution < -0.4 is 14.4 Å². The molecule has 2 heterocycles. The maximum atomic E-state index is 13.6. The first-order valence-corrected chi connectivity index (χ1v) is 12.6. The molecule has 0 saturated carbocycles. The van der Waals surface area contributed by atoms with Crippen LogP contribution in [-0.2, 0) is 20.9 Å². The van der Waals surface area contributed by atoms with Gasteiger partial charge in [0, 0.05) is 12.6 Å². The van der Waals surface area contributed by atoms with Crippen molar-refractivity contribution in [2.24, 2.45) is 0 Å². The second-order valence-corrected chi connectivity index (χ2v) is 10.1. The lowest BCUT2D eigenvalue weighted by atomic mass is 10.1. The number of hydrogen-bond donors (Lipinski definition) is 1. The second kappa shape index (κ2) is 9.96. The largest absolute Gasteiger partial charge is 0.495 e. The fourth-order valence-electron chi connectivity index (χ4n) is 4.27. The maximum absolute atomic E-state index is 13.6. The molecule has 1 aliphatic heterocycles. The zero-order valence-corrected chi connectivity index (χ0v) is 20.9. The van der Waals surface area contributed by atoms with E-state index in [0.717, 1.165) is 25.3 Å². The van der Waals surface area contributed by atoms with Crippen molar-refractivity contribution in [3.63, 3.8) is 0 Å². The zero-order chi connectivity index (χ0) is 27.0. The highest BCUT2D eigenvalue weighted by atomic mass is 32.2. The summed E-state index contributed by atoms with van der Waals surface area (Å²) in [6.07, 6.45) is -3.38. The molecular weight excluding hydrogens is 515 g/mol. The van der Waals surface area contributed by atoms with Gasteiger partial charge in [-0.25, -0.2) is 13.2 Å². The minimum Gasteiger partial charge on any atom is -0.495 e.